The second kappa shape index (κ2) is 7.05. The molecule has 7 nitrogen and oxygen atoms in total. The summed E-state index contributed by atoms with van der Waals surface area (Å²) in [4.78, 5) is 22.5. The van der Waals surface area contributed by atoms with Crippen LogP contribution in [0.3, 0.4) is 0 Å². The fourth-order valence-corrected chi connectivity index (χ4v) is 2.23. The Labute approximate surface area is 143 Å². The zero-order valence-corrected chi connectivity index (χ0v) is 13.8. The predicted molar refractivity (Wildman–Crippen MR) is 94.4 cm³/mol. The summed E-state index contributed by atoms with van der Waals surface area (Å²) in [7, 11) is 0. The SMILES string of the molecule is Cc1ccc(O)c(NC(=S)NC(=O)c2ccc(C)c([N+](=O)[O-])c2)c1. The van der Waals surface area contributed by atoms with Gasteiger partial charge in [-0.15, -0.1) is 0 Å². The van der Waals surface area contributed by atoms with Crippen LogP contribution in [0, 0.1) is 24.0 Å². The number of carbonyl (C=O) groups is 1. The molecule has 0 aliphatic heterocycles. The van der Waals surface area contributed by atoms with E-state index in [0.29, 0.717) is 11.3 Å². The highest BCUT2D eigenvalue weighted by Crippen LogP contribution is 2.24. The zero-order valence-electron chi connectivity index (χ0n) is 13.0. The molecule has 0 saturated heterocycles. The first-order valence-corrected chi connectivity index (χ1v) is 7.35. The third-order valence-corrected chi connectivity index (χ3v) is 3.50. The van der Waals surface area contributed by atoms with Crippen LogP contribution in [0.1, 0.15) is 21.5 Å². The molecule has 8 heteroatoms. The van der Waals surface area contributed by atoms with Gasteiger partial charge in [0.25, 0.3) is 11.6 Å². The van der Waals surface area contributed by atoms with Crippen LogP contribution in [0.15, 0.2) is 36.4 Å². The van der Waals surface area contributed by atoms with Gasteiger partial charge < -0.3 is 10.4 Å². The Morgan fingerprint density at radius 2 is 1.92 bits per heavy atom. The molecule has 1 amide bonds. The Hall–Kier alpha value is -3.00. The molecule has 0 radical (unpaired) electrons. The fraction of sp³-hybridized carbons (Fsp3) is 0.125. The molecular formula is C16H15N3O4S. The van der Waals surface area contributed by atoms with Crippen molar-refractivity contribution in [3.05, 3.63) is 63.2 Å². The van der Waals surface area contributed by atoms with E-state index in [-0.39, 0.29) is 22.1 Å². The molecule has 124 valence electrons. The molecule has 0 fully saturated rings. The highest BCUT2D eigenvalue weighted by Gasteiger charge is 2.16. The number of hydrogen-bond acceptors (Lipinski definition) is 5. The van der Waals surface area contributed by atoms with E-state index in [9.17, 15) is 20.0 Å². The van der Waals surface area contributed by atoms with E-state index in [1.165, 1.54) is 24.3 Å². The van der Waals surface area contributed by atoms with E-state index < -0.39 is 10.8 Å². The smallest absolute Gasteiger partial charge is 0.273 e. The first-order valence-electron chi connectivity index (χ1n) is 6.95. The third kappa shape index (κ3) is 4.05. The summed E-state index contributed by atoms with van der Waals surface area (Å²) in [6.07, 6.45) is 0. The lowest BCUT2D eigenvalue weighted by molar-refractivity contribution is -0.385. The molecule has 0 atom stereocenters. The molecule has 0 bridgehead atoms. The van der Waals surface area contributed by atoms with Gasteiger partial charge in [0.1, 0.15) is 5.75 Å². The van der Waals surface area contributed by atoms with Crippen molar-refractivity contribution in [3.8, 4) is 5.75 Å². The number of phenolic OH excluding ortho intramolecular Hbond substituents is 1. The van der Waals surface area contributed by atoms with Crippen LogP contribution in [0.5, 0.6) is 5.75 Å². The van der Waals surface area contributed by atoms with Crippen molar-refractivity contribution < 1.29 is 14.8 Å². The van der Waals surface area contributed by atoms with Crippen molar-refractivity contribution in [2.45, 2.75) is 13.8 Å². The third-order valence-electron chi connectivity index (χ3n) is 3.30. The standard InChI is InChI=1S/C16H15N3O4S/c1-9-3-6-14(20)12(7-9)17-16(24)18-15(21)11-5-4-10(2)13(8-11)19(22)23/h3-8,20H,1-2H3,(H2,17,18,21,24). The summed E-state index contributed by atoms with van der Waals surface area (Å²) in [6, 6.07) is 9.07. The summed E-state index contributed by atoms with van der Waals surface area (Å²) in [5, 5.41) is 25.8. The summed E-state index contributed by atoms with van der Waals surface area (Å²) in [5.74, 6) is -0.592. The second-order valence-electron chi connectivity index (χ2n) is 5.19. The van der Waals surface area contributed by atoms with Crippen molar-refractivity contribution >= 4 is 34.6 Å². The average Bonchev–Trinajstić information content (AvgIpc) is 2.50. The van der Waals surface area contributed by atoms with E-state index in [1.54, 1.807) is 19.1 Å². The maximum absolute atomic E-state index is 12.2. The van der Waals surface area contributed by atoms with Crippen molar-refractivity contribution in [2.24, 2.45) is 0 Å². The first kappa shape index (κ1) is 17.4. The molecule has 0 spiro atoms. The maximum atomic E-state index is 12.2. The van der Waals surface area contributed by atoms with Gasteiger partial charge in [0, 0.05) is 17.2 Å². The van der Waals surface area contributed by atoms with E-state index >= 15 is 0 Å². The summed E-state index contributed by atoms with van der Waals surface area (Å²) in [5.41, 5.74) is 1.69. The normalized spacial score (nSPS) is 10.1. The van der Waals surface area contributed by atoms with Gasteiger partial charge in [-0.05, 0) is 49.8 Å². The first-order chi connectivity index (χ1) is 11.3. The number of benzene rings is 2. The highest BCUT2D eigenvalue weighted by molar-refractivity contribution is 7.80. The lowest BCUT2D eigenvalue weighted by atomic mass is 10.1. The number of amides is 1. The van der Waals surface area contributed by atoms with E-state index in [4.69, 9.17) is 12.2 Å². The Morgan fingerprint density at radius 1 is 1.21 bits per heavy atom. The van der Waals surface area contributed by atoms with Crippen LogP contribution in [0.4, 0.5) is 11.4 Å². The van der Waals surface area contributed by atoms with Crippen LogP contribution in [-0.2, 0) is 0 Å². The van der Waals surface area contributed by atoms with Gasteiger partial charge in [0.05, 0.1) is 10.6 Å². The summed E-state index contributed by atoms with van der Waals surface area (Å²) in [6.45, 7) is 3.43. The average molecular weight is 345 g/mol. The maximum Gasteiger partial charge on any atom is 0.273 e. The van der Waals surface area contributed by atoms with Crippen LogP contribution >= 0.6 is 12.2 Å². The van der Waals surface area contributed by atoms with Crippen molar-refractivity contribution in [1.29, 1.82) is 0 Å². The Bertz CT molecular complexity index is 836. The van der Waals surface area contributed by atoms with Gasteiger partial charge in [-0.25, -0.2) is 0 Å². The number of carbonyl (C=O) groups excluding carboxylic acids is 1. The lowest BCUT2D eigenvalue weighted by Crippen LogP contribution is -2.34. The van der Waals surface area contributed by atoms with Crippen LogP contribution in [0.25, 0.3) is 0 Å². The molecule has 24 heavy (non-hydrogen) atoms. The minimum absolute atomic E-state index is 0.0110. The number of nitrogens with zero attached hydrogens (tertiary/aromatic N) is 1. The number of phenols is 1. The molecule has 2 rings (SSSR count). The topological polar surface area (TPSA) is 104 Å². The second-order valence-corrected chi connectivity index (χ2v) is 5.60. The van der Waals surface area contributed by atoms with Crippen molar-refractivity contribution in [1.82, 2.24) is 5.32 Å². The Balaban J connectivity index is 2.12. The quantitative estimate of drug-likeness (QED) is 0.342. The van der Waals surface area contributed by atoms with Gasteiger partial charge in [-0.2, -0.15) is 0 Å². The van der Waals surface area contributed by atoms with Crippen molar-refractivity contribution in [2.75, 3.05) is 5.32 Å². The number of rotatable bonds is 3. The highest BCUT2D eigenvalue weighted by atomic mass is 32.1. The van der Waals surface area contributed by atoms with Gasteiger partial charge in [-0.1, -0.05) is 12.1 Å². The molecule has 0 unspecified atom stereocenters. The fourth-order valence-electron chi connectivity index (χ4n) is 2.03. The van der Waals surface area contributed by atoms with E-state index in [2.05, 4.69) is 10.6 Å². The number of nitro groups is 1. The minimum Gasteiger partial charge on any atom is -0.506 e. The molecule has 3 N–H and O–H groups in total. The number of aromatic hydroxyl groups is 1. The summed E-state index contributed by atoms with van der Waals surface area (Å²) >= 11 is 5.04. The molecule has 2 aromatic carbocycles. The number of anilines is 1. The van der Waals surface area contributed by atoms with Crippen molar-refractivity contribution in [3.63, 3.8) is 0 Å². The number of aryl methyl sites for hydroxylation is 2. The molecule has 0 aliphatic carbocycles. The van der Waals surface area contributed by atoms with Crippen LogP contribution in [0.2, 0.25) is 0 Å². The minimum atomic E-state index is -0.581. The largest absolute Gasteiger partial charge is 0.506 e. The Kier molecular flexibility index (Phi) is 5.10. The van der Waals surface area contributed by atoms with Gasteiger partial charge in [0.15, 0.2) is 5.11 Å². The summed E-state index contributed by atoms with van der Waals surface area (Å²) < 4.78 is 0. The molecule has 2 aromatic rings. The number of nitro benzene ring substituents is 1. The van der Waals surface area contributed by atoms with E-state index in [0.717, 1.165) is 5.56 Å². The van der Waals surface area contributed by atoms with Crippen LogP contribution < -0.4 is 10.6 Å². The Morgan fingerprint density at radius 3 is 2.58 bits per heavy atom. The molecule has 0 saturated carbocycles. The zero-order chi connectivity index (χ0) is 17.9. The molecule has 0 heterocycles. The molecular weight excluding hydrogens is 330 g/mol. The lowest BCUT2D eigenvalue weighted by Gasteiger charge is -2.11. The van der Waals surface area contributed by atoms with Gasteiger partial charge in [-0.3, -0.25) is 20.2 Å². The van der Waals surface area contributed by atoms with Crippen LogP contribution in [-0.4, -0.2) is 21.0 Å². The number of nitrogens with one attached hydrogen (secondary N) is 2. The molecule has 0 aromatic heterocycles. The number of hydrogen-bond donors (Lipinski definition) is 3. The molecule has 0 aliphatic rings. The predicted octanol–water partition coefficient (Wildman–Crippen LogP) is 3.04. The van der Waals surface area contributed by atoms with Gasteiger partial charge in [0.2, 0.25) is 0 Å². The van der Waals surface area contributed by atoms with E-state index in [1.807, 2.05) is 6.92 Å². The monoisotopic (exact) mass is 345 g/mol. The van der Waals surface area contributed by atoms with Gasteiger partial charge >= 0.3 is 0 Å². The number of thiocarbonyl (C=S) groups is 1.